The van der Waals surface area contributed by atoms with Crippen molar-refractivity contribution in [1.29, 1.82) is 0 Å². The van der Waals surface area contributed by atoms with Gasteiger partial charge in [-0.05, 0) is 43.7 Å². The number of piperazine rings is 1. The van der Waals surface area contributed by atoms with Gasteiger partial charge in [0.25, 0.3) is 5.91 Å². The lowest BCUT2D eigenvalue weighted by molar-refractivity contribution is 0.0673. The molecule has 1 amide bonds. The van der Waals surface area contributed by atoms with Crippen LogP contribution in [0.4, 0.5) is 10.2 Å². The Bertz CT molecular complexity index is 1060. The zero-order valence-corrected chi connectivity index (χ0v) is 17.0. The number of halogens is 1. The van der Waals surface area contributed by atoms with Crippen LogP contribution in [0.2, 0.25) is 0 Å². The highest BCUT2D eigenvalue weighted by Gasteiger charge is 2.29. The minimum atomic E-state index is -0.408. The summed E-state index contributed by atoms with van der Waals surface area (Å²) in [7, 11) is 0. The van der Waals surface area contributed by atoms with Crippen molar-refractivity contribution < 1.29 is 13.9 Å². The molecule has 0 bridgehead atoms. The van der Waals surface area contributed by atoms with Crippen LogP contribution < -0.4 is 9.64 Å². The Kier molecular flexibility index (Phi) is 5.61. The Labute approximate surface area is 174 Å². The van der Waals surface area contributed by atoms with Gasteiger partial charge in [-0.15, -0.1) is 0 Å². The number of anilines is 1. The van der Waals surface area contributed by atoms with Crippen LogP contribution >= 0.6 is 0 Å². The first-order chi connectivity index (χ1) is 14.5. The first-order valence-corrected chi connectivity index (χ1v) is 9.88. The van der Waals surface area contributed by atoms with E-state index in [-0.39, 0.29) is 11.9 Å². The second kappa shape index (κ2) is 8.49. The molecule has 1 saturated heterocycles. The lowest BCUT2D eigenvalue weighted by Crippen LogP contribution is -2.54. The predicted octanol–water partition coefficient (Wildman–Crippen LogP) is 4.07. The molecule has 2 heterocycles. The monoisotopic (exact) mass is 406 g/mol. The number of hydrogen-bond donors (Lipinski definition) is 0. The van der Waals surface area contributed by atoms with Gasteiger partial charge in [-0.3, -0.25) is 4.79 Å². The normalized spacial score (nSPS) is 16.4. The molecule has 0 saturated carbocycles. The van der Waals surface area contributed by atoms with E-state index in [0.29, 0.717) is 31.1 Å². The third-order valence-electron chi connectivity index (χ3n) is 5.22. The molecular formula is C23H23FN4O2. The van der Waals surface area contributed by atoms with Crippen LogP contribution in [0.15, 0.2) is 60.9 Å². The Morgan fingerprint density at radius 1 is 1.10 bits per heavy atom. The van der Waals surface area contributed by atoms with Crippen LogP contribution in [0.5, 0.6) is 11.6 Å². The van der Waals surface area contributed by atoms with Crippen molar-refractivity contribution in [3.05, 3.63) is 77.9 Å². The molecule has 0 radical (unpaired) electrons. The van der Waals surface area contributed by atoms with E-state index in [1.54, 1.807) is 17.0 Å². The third-order valence-corrected chi connectivity index (χ3v) is 5.22. The van der Waals surface area contributed by atoms with E-state index < -0.39 is 5.82 Å². The fourth-order valence-corrected chi connectivity index (χ4v) is 3.60. The zero-order chi connectivity index (χ0) is 21.1. The Morgan fingerprint density at radius 3 is 2.70 bits per heavy atom. The molecule has 1 aliphatic heterocycles. The number of nitrogens with zero attached hydrogens (tertiary/aromatic N) is 4. The number of rotatable bonds is 4. The van der Waals surface area contributed by atoms with Crippen LogP contribution in [-0.4, -0.2) is 46.5 Å². The molecule has 30 heavy (non-hydrogen) atoms. The zero-order valence-electron chi connectivity index (χ0n) is 17.0. The largest absolute Gasteiger partial charge is 0.439 e. The number of aromatic nitrogens is 2. The molecule has 3 aromatic rings. The molecular weight excluding hydrogens is 383 g/mol. The van der Waals surface area contributed by atoms with Crippen molar-refractivity contribution >= 4 is 11.7 Å². The lowest BCUT2D eigenvalue weighted by Gasteiger charge is -2.40. The minimum Gasteiger partial charge on any atom is -0.439 e. The highest BCUT2D eigenvalue weighted by atomic mass is 19.1. The number of ether oxygens (including phenoxy) is 1. The van der Waals surface area contributed by atoms with Crippen LogP contribution in [-0.2, 0) is 0 Å². The highest BCUT2D eigenvalue weighted by molar-refractivity contribution is 5.94. The molecule has 1 aromatic heterocycles. The van der Waals surface area contributed by atoms with E-state index in [4.69, 9.17) is 4.74 Å². The van der Waals surface area contributed by atoms with Crippen LogP contribution in [0.25, 0.3) is 0 Å². The van der Waals surface area contributed by atoms with Crippen LogP contribution in [0.1, 0.15) is 22.8 Å². The molecule has 0 spiro atoms. The summed E-state index contributed by atoms with van der Waals surface area (Å²) in [5.74, 6) is 1.40. The van der Waals surface area contributed by atoms with Crippen molar-refractivity contribution in [2.45, 2.75) is 19.9 Å². The standard InChI is InChI=1S/C23H23FN4O2/c1-16-6-3-4-9-20(16)30-22-13-21(25-15-26-22)27-10-11-28(17(2)14-27)23(29)18-7-5-8-19(24)12-18/h3-9,12-13,15,17H,10-11,14H2,1-2H3. The molecule has 1 aliphatic rings. The van der Waals surface area contributed by atoms with E-state index in [0.717, 1.165) is 17.1 Å². The lowest BCUT2D eigenvalue weighted by atomic mass is 10.1. The minimum absolute atomic E-state index is 0.0507. The molecule has 0 N–H and O–H groups in total. The number of para-hydroxylation sites is 1. The third kappa shape index (κ3) is 4.25. The van der Waals surface area contributed by atoms with E-state index in [1.807, 2.05) is 44.2 Å². The van der Waals surface area contributed by atoms with E-state index in [9.17, 15) is 9.18 Å². The molecule has 6 nitrogen and oxygen atoms in total. The molecule has 2 aromatic carbocycles. The summed E-state index contributed by atoms with van der Waals surface area (Å²) in [6, 6.07) is 15.3. The SMILES string of the molecule is Cc1ccccc1Oc1cc(N2CCN(C(=O)c3cccc(F)c3)C(C)C2)ncn1. The summed E-state index contributed by atoms with van der Waals surface area (Å²) in [6.07, 6.45) is 1.48. The molecule has 1 unspecified atom stereocenters. The number of aryl methyl sites for hydroxylation is 1. The van der Waals surface area contributed by atoms with Gasteiger partial charge in [0.2, 0.25) is 5.88 Å². The van der Waals surface area contributed by atoms with Gasteiger partial charge in [0.1, 0.15) is 23.7 Å². The summed E-state index contributed by atoms with van der Waals surface area (Å²) in [6.45, 7) is 5.71. The van der Waals surface area contributed by atoms with Gasteiger partial charge < -0.3 is 14.5 Å². The number of carbonyl (C=O) groups is 1. The summed E-state index contributed by atoms with van der Waals surface area (Å²) < 4.78 is 19.4. The molecule has 1 atom stereocenters. The molecule has 154 valence electrons. The van der Waals surface area contributed by atoms with E-state index in [2.05, 4.69) is 14.9 Å². The number of carbonyl (C=O) groups excluding carboxylic acids is 1. The fraction of sp³-hybridized carbons (Fsp3) is 0.261. The maximum Gasteiger partial charge on any atom is 0.254 e. The van der Waals surface area contributed by atoms with Gasteiger partial charge in [-0.25, -0.2) is 14.4 Å². The summed E-state index contributed by atoms with van der Waals surface area (Å²) in [5, 5.41) is 0. The van der Waals surface area contributed by atoms with Gasteiger partial charge in [0.15, 0.2) is 0 Å². The quantitative estimate of drug-likeness (QED) is 0.654. The Hall–Kier alpha value is -3.48. The van der Waals surface area contributed by atoms with Crippen molar-refractivity contribution in [2.75, 3.05) is 24.5 Å². The fourth-order valence-electron chi connectivity index (χ4n) is 3.60. The number of benzene rings is 2. The predicted molar refractivity (Wildman–Crippen MR) is 112 cm³/mol. The van der Waals surface area contributed by atoms with Gasteiger partial charge in [-0.1, -0.05) is 24.3 Å². The highest BCUT2D eigenvalue weighted by Crippen LogP contribution is 2.26. The second-order valence-corrected chi connectivity index (χ2v) is 7.39. The Balaban J connectivity index is 1.45. The van der Waals surface area contributed by atoms with Crippen molar-refractivity contribution in [1.82, 2.24) is 14.9 Å². The van der Waals surface area contributed by atoms with Crippen molar-refractivity contribution in [2.24, 2.45) is 0 Å². The first-order valence-electron chi connectivity index (χ1n) is 9.88. The van der Waals surface area contributed by atoms with Crippen molar-refractivity contribution in [3.63, 3.8) is 0 Å². The average Bonchev–Trinajstić information content (AvgIpc) is 2.75. The van der Waals surface area contributed by atoms with Gasteiger partial charge in [0.05, 0.1) is 0 Å². The topological polar surface area (TPSA) is 58.6 Å². The van der Waals surface area contributed by atoms with Gasteiger partial charge in [0, 0.05) is 37.3 Å². The first kappa shape index (κ1) is 19.8. The van der Waals surface area contributed by atoms with Crippen molar-refractivity contribution in [3.8, 4) is 11.6 Å². The van der Waals surface area contributed by atoms with Crippen LogP contribution in [0, 0.1) is 12.7 Å². The van der Waals surface area contributed by atoms with Gasteiger partial charge >= 0.3 is 0 Å². The Morgan fingerprint density at radius 2 is 1.93 bits per heavy atom. The summed E-state index contributed by atoms with van der Waals surface area (Å²) >= 11 is 0. The second-order valence-electron chi connectivity index (χ2n) is 7.39. The van der Waals surface area contributed by atoms with E-state index in [1.165, 1.54) is 18.5 Å². The maximum absolute atomic E-state index is 13.5. The number of hydrogen-bond acceptors (Lipinski definition) is 5. The summed E-state index contributed by atoms with van der Waals surface area (Å²) in [5.41, 5.74) is 1.39. The summed E-state index contributed by atoms with van der Waals surface area (Å²) in [4.78, 5) is 25.3. The molecule has 7 heteroatoms. The van der Waals surface area contributed by atoms with Gasteiger partial charge in [-0.2, -0.15) is 0 Å². The average molecular weight is 406 g/mol. The molecule has 4 rings (SSSR count). The maximum atomic E-state index is 13.5. The smallest absolute Gasteiger partial charge is 0.254 e. The molecule has 1 fully saturated rings. The molecule has 0 aliphatic carbocycles. The van der Waals surface area contributed by atoms with E-state index >= 15 is 0 Å². The number of amides is 1. The van der Waals surface area contributed by atoms with Crippen LogP contribution in [0.3, 0.4) is 0 Å².